The molecule has 0 aliphatic heterocycles. The summed E-state index contributed by atoms with van der Waals surface area (Å²) in [6, 6.07) is 0. The molecule has 0 heterocycles. The van der Waals surface area contributed by atoms with E-state index in [9.17, 15) is 4.79 Å². The van der Waals surface area contributed by atoms with Crippen LogP contribution in [0.1, 0.15) is 13.3 Å². The van der Waals surface area contributed by atoms with Crippen LogP contribution in [0.4, 0.5) is 0 Å². The molecule has 1 amide bonds. The van der Waals surface area contributed by atoms with Crippen LogP contribution in [0.3, 0.4) is 0 Å². The van der Waals surface area contributed by atoms with Gasteiger partial charge in [-0.05, 0) is 5.92 Å². The molecule has 5 nitrogen and oxygen atoms in total. The van der Waals surface area contributed by atoms with Crippen molar-refractivity contribution in [2.24, 2.45) is 5.92 Å². The van der Waals surface area contributed by atoms with Crippen molar-refractivity contribution in [2.75, 3.05) is 47.1 Å². The minimum absolute atomic E-state index is 0.0197. The molecule has 5 heteroatoms. The molecule has 0 fully saturated rings. The number of rotatable bonds is 9. The molecule has 16 heavy (non-hydrogen) atoms. The number of carbonyl (C=O) groups is 1. The SMILES string of the molecule is COCCN(CCO)C(=O)CC(C)COC. The molecule has 1 N–H and O–H groups in total. The van der Waals surface area contributed by atoms with Gasteiger partial charge in [-0.1, -0.05) is 6.92 Å². The van der Waals surface area contributed by atoms with Gasteiger partial charge in [-0.3, -0.25) is 4.79 Å². The van der Waals surface area contributed by atoms with E-state index >= 15 is 0 Å². The van der Waals surface area contributed by atoms with E-state index in [1.807, 2.05) is 6.92 Å². The molecule has 96 valence electrons. The number of amides is 1. The molecule has 0 aromatic heterocycles. The van der Waals surface area contributed by atoms with Crippen molar-refractivity contribution in [1.29, 1.82) is 0 Å². The van der Waals surface area contributed by atoms with Gasteiger partial charge in [0.1, 0.15) is 0 Å². The zero-order valence-electron chi connectivity index (χ0n) is 10.4. The Labute approximate surface area is 97.3 Å². The molecule has 0 aliphatic carbocycles. The monoisotopic (exact) mass is 233 g/mol. The Hall–Kier alpha value is -0.650. The molecule has 1 unspecified atom stereocenters. The number of hydrogen-bond donors (Lipinski definition) is 1. The first kappa shape index (κ1) is 15.3. The van der Waals surface area contributed by atoms with Crippen LogP contribution >= 0.6 is 0 Å². The van der Waals surface area contributed by atoms with Gasteiger partial charge in [0, 0.05) is 40.3 Å². The summed E-state index contributed by atoms with van der Waals surface area (Å²) in [6.45, 7) is 3.90. The Bertz CT molecular complexity index is 187. The maximum absolute atomic E-state index is 11.8. The fourth-order valence-electron chi connectivity index (χ4n) is 1.45. The van der Waals surface area contributed by atoms with Gasteiger partial charge in [-0.15, -0.1) is 0 Å². The van der Waals surface area contributed by atoms with Gasteiger partial charge < -0.3 is 19.5 Å². The fourth-order valence-corrected chi connectivity index (χ4v) is 1.45. The standard InChI is InChI=1S/C11H23NO4/c1-10(9-16-3)8-11(14)12(4-6-13)5-7-15-2/h10,13H,4-9H2,1-3H3. The highest BCUT2D eigenvalue weighted by atomic mass is 16.5. The Balaban J connectivity index is 4.04. The van der Waals surface area contributed by atoms with Crippen LogP contribution in [-0.4, -0.2) is 63.0 Å². The maximum Gasteiger partial charge on any atom is 0.223 e. The van der Waals surface area contributed by atoms with E-state index in [2.05, 4.69) is 0 Å². The van der Waals surface area contributed by atoms with E-state index in [0.717, 1.165) is 0 Å². The molecule has 0 saturated heterocycles. The van der Waals surface area contributed by atoms with Gasteiger partial charge in [0.05, 0.1) is 13.2 Å². The third kappa shape index (κ3) is 6.76. The van der Waals surface area contributed by atoms with E-state index in [1.165, 1.54) is 0 Å². The number of nitrogens with zero attached hydrogens (tertiary/aromatic N) is 1. The lowest BCUT2D eigenvalue weighted by Gasteiger charge is -2.22. The van der Waals surface area contributed by atoms with E-state index in [1.54, 1.807) is 19.1 Å². The second-order valence-corrected chi connectivity index (χ2v) is 3.86. The topological polar surface area (TPSA) is 59.0 Å². The highest BCUT2D eigenvalue weighted by molar-refractivity contribution is 5.76. The summed E-state index contributed by atoms with van der Waals surface area (Å²) in [4.78, 5) is 13.4. The fraction of sp³-hybridized carbons (Fsp3) is 0.909. The van der Waals surface area contributed by atoms with Crippen LogP contribution in [0, 0.1) is 5.92 Å². The lowest BCUT2D eigenvalue weighted by molar-refractivity contribution is -0.133. The molecule has 0 spiro atoms. The normalized spacial score (nSPS) is 12.5. The predicted octanol–water partition coefficient (Wildman–Crippen LogP) is 0.126. The first-order valence-electron chi connectivity index (χ1n) is 5.52. The molecular weight excluding hydrogens is 210 g/mol. The van der Waals surface area contributed by atoms with E-state index < -0.39 is 0 Å². The molecule has 0 aromatic carbocycles. The van der Waals surface area contributed by atoms with Crippen molar-refractivity contribution in [3.05, 3.63) is 0 Å². The molecule has 1 atom stereocenters. The van der Waals surface area contributed by atoms with Crippen LogP contribution in [0.25, 0.3) is 0 Å². The molecule has 0 saturated carbocycles. The summed E-state index contributed by atoms with van der Waals surface area (Å²) in [5, 5.41) is 8.86. The van der Waals surface area contributed by atoms with E-state index in [-0.39, 0.29) is 18.4 Å². The molecular formula is C11H23NO4. The van der Waals surface area contributed by atoms with Gasteiger partial charge in [0.25, 0.3) is 0 Å². The van der Waals surface area contributed by atoms with Crippen LogP contribution < -0.4 is 0 Å². The Morgan fingerprint density at radius 3 is 2.50 bits per heavy atom. The lowest BCUT2D eigenvalue weighted by Crippen LogP contribution is -2.37. The number of hydrogen-bond acceptors (Lipinski definition) is 4. The molecule has 0 radical (unpaired) electrons. The van der Waals surface area contributed by atoms with Crippen molar-refractivity contribution in [3.63, 3.8) is 0 Å². The zero-order valence-corrected chi connectivity index (χ0v) is 10.4. The van der Waals surface area contributed by atoms with Crippen LogP contribution in [-0.2, 0) is 14.3 Å². The molecule has 0 bridgehead atoms. The molecule has 0 rings (SSSR count). The molecule has 0 aliphatic rings. The van der Waals surface area contributed by atoms with E-state index in [4.69, 9.17) is 14.6 Å². The Morgan fingerprint density at radius 2 is 2.00 bits per heavy atom. The average molecular weight is 233 g/mol. The third-order valence-corrected chi connectivity index (χ3v) is 2.26. The summed E-state index contributed by atoms with van der Waals surface area (Å²) >= 11 is 0. The second kappa shape index (κ2) is 9.57. The summed E-state index contributed by atoms with van der Waals surface area (Å²) < 4.78 is 9.90. The largest absolute Gasteiger partial charge is 0.395 e. The third-order valence-electron chi connectivity index (χ3n) is 2.26. The quantitative estimate of drug-likeness (QED) is 0.615. The minimum Gasteiger partial charge on any atom is -0.395 e. The van der Waals surface area contributed by atoms with Crippen molar-refractivity contribution in [1.82, 2.24) is 4.90 Å². The first-order valence-corrected chi connectivity index (χ1v) is 5.52. The Kier molecular flexibility index (Phi) is 9.18. The predicted molar refractivity (Wildman–Crippen MR) is 61.2 cm³/mol. The number of aliphatic hydroxyl groups is 1. The van der Waals surface area contributed by atoms with Crippen molar-refractivity contribution in [3.8, 4) is 0 Å². The average Bonchev–Trinajstić information content (AvgIpc) is 2.24. The van der Waals surface area contributed by atoms with E-state index in [0.29, 0.717) is 32.7 Å². The van der Waals surface area contributed by atoms with Crippen LogP contribution in [0.5, 0.6) is 0 Å². The van der Waals surface area contributed by atoms with Crippen LogP contribution in [0.2, 0.25) is 0 Å². The van der Waals surface area contributed by atoms with Gasteiger partial charge >= 0.3 is 0 Å². The maximum atomic E-state index is 11.8. The highest BCUT2D eigenvalue weighted by Crippen LogP contribution is 2.05. The summed E-state index contributed by atoms with van der Waals surface area (Å²) in [7, 11) is 3.21. The summed E-state index contributed by atoms with van der Waals surface area (Å²) in [6.07, 6.45) is 0.442. The van der Waals surface area contributed by atoms with Crippen LogP contribution in [0.15, 0.2) is 0 Å². The minimum atomic E-state index is -0.0197. The zero-order chi connectivity index (χ0) is 12.4. The first-order chi connectivity index (χ1) is 7.65. The highest BCUT2D eigenvalue weighted by Gasteiger charge is 2.15. The second-order valence-electron chi connectivity index (χ2n) is 3.86. The summed E-state index contributed by atoms with van der Waals surface area (Å²) in [5.74, 6) is 0.233. The lowest BCUT2D eigenvalue weighted by atomic mass is 10.1. The van der Waals surface area contributed by atoms with Crippen molar-refractivity contribution >= 4 is 5.91 Å². The summed E-state index contributed by atoms with van der Waals surface area (Å²) in [5.41, 5.74) is 0. The van der Waals surface area contributed by atoms with Gasteiger partial charge in [-0.25, -0.2) is 0 Å². The van der Waals surface area contributed by atoms with Gasteiger partial charge in [0.15, 0.2) is 0 Å². The van der Waals surface area contributed by atoms with Gasteiger partial charge in [-0.2, -0.15) is 0 Å². The Morgan fingerprint density at radius 1 is 1.31 bits per heavy atom. The molecule has 0 aromatic rings. The van der Waals surface area contributed by atoms with Crippen molar-refractivity contribution in [2.45, 2.75) is 13.3 Å². The van der Waals surface area contributed by atoms with Gasteiger partial charge in [0.2, 0.25) is 5.91 Å². The number of carbonyl (C=O) groups excluding carboxylic acids is 1. The number of aliphatic hydroxyl groups excluding tert-OH is 1. The number of ether oxygens (including phenoxy) is 2. The number of methoxy groups -OCH3 is 2. The van der Waals surface area contributed by atoms with Crippen molar-refractivity contribution < 1.29 is 19.4 Å². The smallest absolute Gasteiger partial charge is 0.223 e.